The SMILES string of the molecule is O=C(O)c1cnc(CSc2ccc(F)cc2)[nH]c1=O. The van der Waals surface area contributed by atoms with E-state index in [0.29, 0.717) is 11.6 Å². The number of carboxylic acid groups (broad SMARTS) is 1. The van der Waals surface area contributed by atoms with Crippen LogP contribution in [-0.4, -0.2) is 21.0 Å². The summed E-state index contributed by atoms with van der Waals surface area (Å²) in [6.07, 6.45) is 1.03. The Kier molecular flexibility index (Phi) is 3.96. The third-order valence-electron chi connectivity index (χ3n) is 2.27. The first-order valence-corrected chi connectivity index (χ1v) is 6.24. The van der Waals surface area contributed by atoms with Crippen molar-refractivity contribution in [2.24, 2.45) is 0 Å². The first-order chi connectivity index (χ1) is 9.06. The molecular weight excluding hydrogens is 271 g/mol. The van der Waals surface area contributed by atoms with E-state index in [2.05, 4.69) is 9.97 Å². The van der Waals surface area contributed by atoms with Crippen molar-refractivity contribution in [2.75, 3.05) is 0 Å². The maximum Gasteiger partial charge on any atom is 0.342 e. The molecule has 0 saturated heterocycles. The molecule has 1 aromatic heterocycles. The molecule has 7 heteroatoms. The standard InChI is InChI=1S/C12H9FN2O3S/c13-7-1-3-8(4-2-7)19-6-10-14-5-9(12(17)18)11(16)15-10/h1-5H,6H2,(H,17,18)(H,14,15,16). The van der Waals surface area contributed by atoms with Gasteiger partial charge >= 0.3 is 5.97 Å². The molecule has 0 amide bonds. The summed E-state index contributed by atoms with van der Waals surface area (Å²) in [6, 6.07) is 5.91. The molecule has 0 spiro atoms. The second-order valence-electron chi connectivity index (χ2n) is 3.62. The highest BCUT2D eigenvalue weighted by Crippen LogP contribution is 2.20. The average Bonchev–Trinajstić information content (AvgIpc) is 2.37. The third-order valence-corrected chi connectivity index (χ3v) is 3.29. The molecule has 2 aromatic rings. The molecule has 0 aliphatic carbocycles. The summed E-state index contributed by atoms with van der Waals surface area (Å²) < 4.78 is 12.7. The van der Waals surface area contributed by atoms with Gasteiger partial charge in [-0.2, -0.15) is 0 Å². The van der Waals surface area contributed by atoms with E-state index in [9.17, 15) is 14.0 Å². The number of benzene rings is 1. The maximum atomic E-state index is 12.7. The van der Waals surface area contributed by atoms with Crippen molar-refractivity contribution in [3.63, 3.8) is 0 Å². The van der Waals surface area contributed by atoms with Crippen molar-refractivity contribution in [3.05, 3.63) is 58.0 Å². The number of H-pyrrole nitrogens is 1. The van der Waals surface area contributed by atoms with E-state index >= 15 is 0 Å². The zero-order chi connectivity index (χ0) is 13.8. The van der Waals surface area contributed by atoms with Crippen LogP contribution in [-0.2, 0) is 5.75 Å². The van der Waals surface area contributed by atoms with Crippen LogP contribution in [0.5, 0.6) is 0 Å². The van der Waals surface area contributed by atoms with Crippen LogP contribution in [0.15, 0.2) is 40.2 Å². The Morgan fingerprint density at radius 1 is 1.37 bits per heavy atom. The van der Waals surface area contributed by atoms with Crippen molar-refractivity contribution in [2.45, 2.75) is 10.6 Å². The number of nitrogens with zero attached hydrogens (tertiary/aromatic N) is 1. The Labute approximate surface area is 111 Å². The van der Waals surface area contributed by atoms with E-state index in [0.717, 1.165) is 11.1 Å². The Balaban J connectivity index is 2.08. The number of carbonyl (C=O) groups is 1. The minimum absolute atomic E-state index is 0.318. The quantitative estimate of drug-likeness (QED) is 0.836. The lowest BCUT2D eigenvalue weighted by Gasteiger charge is -2.02. The molecule has 98 valence electrons. The number of aromatic carboxylic acids is 1. The van der Waals surface area contributed by atoms with Gasteiger partial charge in [-0.05, 0) is 24.3 Å². The first kappa shape index (κ1) is 13.3. The Morgan fingerprint density at radius 2 is 2.05 bits per heavy atom. The first-order valence-electron chi connectivity index (χ1n) is 5.26. The Hall–Kier alpha value is -2.15. The molecule has 0 saturated carbocycles. The Morgan fingerprint density at radius 3 is 2.63 bits per heavy atom. The van der Waals surface area contributed by atoms with E-state index in [1.165, 1.54) is 23.9 Å². The van der Waals surface area contributed by atoms with Crippen molar-refractivity contribution in [3.8, 4) is 0 Å². The van der Waals surface area contributed by atoms with Gasteiger partial charge in [0.05, 0.1) is 5.75 Å². The fourth-order valence-electron chi connectivity index (χ4n) is 1.34. The second kappa shape index (κ2) is 5.66. The van der Waals surface area contributed by atoms with E-state index < -0.39 is 17.1 Å². The molecule has 0 aliphatic heterocycles. The van der Waals surface area contributed by atoms with Crippen LogP contribution in [0, 0.1) is 5.82 Å². The largest absolute Gasteiger partial charge is 0.477 e. The van der Waals surface area contributed by atoms with E-state index in [-0.39, 0.29) is 5.82 Å². The van der Waals surface area contributed by atoms with Crippen LogP contribution >= 0.6 is 11.8 Å². The summed E-state index contributed by atoms with van der Waals surface area (Å²) in [4.78, 5) is 29.1. The van der Waals surface area contributed by atoms with Gasteiger partial charge in [-0.3, -0.25) is 4.79 Å². The molecule has 0 bridgehead atoms. The number of rotatable bonds is 4. The fourth-order valence-corrected chi connectivity index (χ4v) is 2.12. The van der Waals surface area contributed by atoms with Gasteiger partial charge in [0.25, 0.3) is 5.56 Å². The van der Waals surface area contributed by atoms with Crippen LogP contribution in [0.4, 0.5) is 4.39 Å². The minimum Gasteiger partial charge on any atom is -0.477 e. The number of carboxylic acids is 1. The van der Waals surface area contributed by atoms with E-state index in [4.69, 9.17) is 5.11 Å². The molecule has 0 aliphatic rings. The molecule has 1 aromatic carbocycles. The van der Waals surface area contributed by atoms with Crippen molar-refractivity contribution >= 4 is 17.7 Å². The molecule has 0 radical (unpaired) electrons. The van der Waals surface area contributed by atoms with Gasteiger partial charge in [-0.15, -0.1) is 11.8 Å². The normalized spacial score (nSPS) is 10.4. The van der Waals surface area contributed by atoms with Gasteiger partial charge < -0.3 is 10.1 Å². The van der Waals surface area contributed by atoms with Gasteiger partial charge in [0, 0.05) is 11.1 Å². The van der Waals surface area contributed by atoms with Crippen molar-refractivity contribution in [1.82, 2.24) is 9.97 Å². The summed E-state index contributed by atoms with van der Waals surface area (Å²) in [6.45, 7) is 0. The topological polar surface area (TPSA) is 83.0 Å². The summed E-state index contributed by atoms with van der Waals surface area (Å²) in [5.41, 5.74) is -1.08. The zero-order valence-corrected chi connectivity index (χ0v) is 10.4. The van der Waals surface area contributed by atoms with E-state index in [1.54, 1.807) is 12.1 Å². The van der Waals surface area contributed by atoms with E-state index in [1.807, 2.05) is 0 Å². The number of thioether (sulfide) groups is 1. The van der Waals surface area contributed by atoms with Crippen molar-refractivity contribution in [1.29, 1.82) is 0 Å². The number of hydrogen-bond donors (Lipinski definition) is 2. The van der Waals surface area contributed by atoms with Crippen LogP contribution in [0.1, 0.15) is 16.2 Å². The summed E-state index contributed by atoms with van der Waals surface area (Å²) in [5, 5.41) is 8.69. The second-order valence-corrected chi connectivity index (χ2v) is 4.67. The Bertz CT molecular complexity index is 655. The van der Waals surface area contributed by atoms with Crippen molar-refractivity contribution < 1.29 is 14.3 Å². The summed E-state index contributed by atoms with van der Waals surface area (Å²) >= 11 is 1.36. The minimum atomic E-state index is -1.31. The summed E-state index contributed by atoms with van der Waals surface area (Å²) in [7, 11) is 0. The summed E-state index contributed by atoms with van der Waals surface area (Å²) in [5.74, 6) is -0.904. The number of halogens is 1. The molecule has 0 fully saturated rings. The van der Waals surface area contributed by atoms with Crippen LogP contribution < -0.4 is 5.56 Å². The average molecular weight is 280 g/mol. The number of nitrogens with one attached hydrogen (secondary N) is 1. The van der Waals surface area contributed by atoms with Crippen LogP contribution in [0.3, 0.4) is 0 Å². The predicted molar refractivity (Wildman–Crippen MR) is 67.8 cm³/mol. The molecule has 5 nitrogen and oxygen atoms in total. The molecule has 0 atom stereocenters. The highest BCUT2D eigenvalue weighted by molar-refractivity contribution is 7.98. The smallest absolute Gasteiger partial charge is 0.342 e. The zero-order valence-electron chi connectivity index (χ0n) is 9.59. The van der Waals surface area contributed by atoms with Gasteiger partial charge in [0.15, 0.2) is 0 Å². The lowest BCUT2D eigenvalue weighted by molar-refractivity contribution is 0.0694. The predicted octanol–water partition coefficient (Wildman–Crippen LogP) is 1.90. The van der Waals surface area contributed by atoms with Gasteiger partial charge in [0.2, 0.25) is 0 Å². The molecule has 19 heavy (non-hydrogen) atoms. The number of aromatic amines is 1. The third kappa shape index (κ3) is 3.41. The lowest BCUT2D eigenvalue weighted by atomic mass is 10.3. The molecule has 0 unspecified atom stereocenters. The van der Waals surface area contributed by atoms with Gasteiger partial charge in [-0.1, -0.05) is 0 Å². The number of hydrogen-bond acceptors (Lipinski definition) is 4. The lowest BCUT2D eigenvalue weighted by Crippen LogP contribution is -2.19. The molecule has 2 rings (SSSR count). The van der Waals surface area contributed by atoms with Gasteiger partial charge in [-0.25, -0.2) is 14.2 Å². The fraction of sp³-hybridized carbons (Fsp3) is 0.0833. The maximum absolute atomic E-state index is 12.7. The van der Waals surface area contributed by atoms with Crippen LogP contribution in [0.2, 0.25) is 0 Å². The van der Waals surface area contributed by atoms with Crippen LogP contribution in [0.25, 0.3) is 0 Å². The number of aromatic nitrogens is 2. The molecule has 1 heterocycles. The highest BCUT2D eigenvalue weighted by Gasteiger charge is 2.09. The highest BCUT2D eigenvalue weighted by atomic mass is 32.2. The molecular formula is C12H9FN2O3S. The monoisotopic (exact) mass is 280 g/mol. The van der Waals surface area contributed by atoms with Gasteiger partial charge in [0.1, 0.15) is 17.2 Å². The molecule has 2 N–H and O–H groups in total.